The Morgan fingerprint density at radius 3 is 3.11 bits per heavy atom. The molecule has 2 heterocycles. The Balaban J connectivity index is 1.82. The monoisotopic (exact) mass is 343 g/mol. The zero-order valence-electron chi connectivity index (χ0n) is 11.2. The molecule has 1 aliphatic heterocycles. The van der Waals surface area contributed by atoms with Gasteiger partial charge in [-0.2, -0.15) is 0 Å². The summed E-state index contributed by atoms with van der Waals surface area (Å²) in [6.45, 7) is 6.12. The van der Waals surface area contributed by atoms with Crippen molar-refractivity contribution in [2.45, 2.75) is 32.6 Å². The van der Waals surface area contributed by atoms with Crippen molar-refractivity contribution in [1.82, 2.24) is 4.90 Å². The number of thiophene rings is 1. The van der Waals surface area contributed by atoms with Gasteiger partial charge in [-0.3, -0.25) is 0 Å². The zero-order valence-corrected chi connectivity index (χ0v) is 13.6. The van der Waals surface area contributed by atoms with Gasteiger partial charge in [0.1, 0.15) is 0 Å². The number of ether oxygens (including phenoxy) is 1. The molecule has 1 aliphatic carbocycles. The smallest absolute Gasteiger partial charge is 0.409 e. The molecular weight excluding hydrogens is 326 g/mol. The Hall–Kier alpha value is -0.550. The second kappa shape index (κ2) is 5.09. The van der Waals surface area contributed by atoms with Crippen LogP contribution in [0.25, 0.3) is 0 Å². The number of likely N-dealkylation sites (tertiary alicyclic amines) is 1. The first-order valence-electron chi connectivity index (χ1n) is 6.81. The summed E-state index contributed by atoms with van der Waals surface area (Å²) in [5.74, 6) is 1.20. The molecule has 19 heavy (non-hydrogen) atoms. The lowest BCUT2D eigenvalue weighted by Crippen LogP contribution is -2.42. The minimum Gasteiger partial charge on any atom is -0.450 e. The number of fused-ring (bicyclic) bond motifs is 3. The normalized spacial score (nSPS) is 25.1. The molecule has 1 aromatic heterocycles. The number of rotatable bonds is 1. The third-order valence-corrected chi connectivity index (χ3v) is 6.65. The number of amides is 1. The summed E-state index contributed by atoms with van der Waals surface area (Å²) in [6, 6.07) is 0. The number of carbonyl (C=O) groups excluding carboxylic acids is 1. The first kappa shape index (κ1) is 13.4. The Labute approximate surface area is 126 Å². The van der Waals surface area contributed by atoms with Gasteiger partial charge in [0.25, 0.3) is 0 Å². The molecule has 2 aliphatic rings. The number of hydrogen-bond acceptors (Lipinski definition) is 3. The molecule has 0 spiro atoms. The molecule has 2 unspecified atom stereocenters. The summed E-state index contributed by atoms with van der Waals surface area (Å²) in [6.07, 6.45) is 2.13. The molecule has 0 N–H and O–H groups in total. The lowest BCUT2D eigenvalue weighted by molar-refractivity contribution is 0.0875. The summed E-state index contributed by atoms with van der Waals surface area (Å²) >= 11 is 5.63. The zero-order chi connectivity index (χ0) is 13.6. The number of hydrogen-bond donors (Lipinski definition) is 0. The van der Waals surface area contributed by atoms with E-state index in [-0.39, 0.29) is 6.09 Å². The van der Waals surface area contributed by atoms with Gasteiger partial charge in [0.2, 0.25) is 0 Å². The Morgan fingerprint density at radius 2 is 2.37 bits per heavy atom. The summed E-state index contributed by atoms with van der Waals surface area (Å²) < 4.78 is 6.40. The number of halogens is 1. The third-order valence-electron chi connectivity index (χ3n) is 4.22. The summed E-state index contributed by atoms with van der Waals surface area (Å²) in [5.41, 5.74) is 1.46. The van der Waals surface area contributed by atoms with E-state index in [4.69, 9.17) is 4.74 Å². The van der Waals surface area contributed by atoms with Crippen molar-refractivity contribution in [3.05, 3.63) is 19.8 Å². The van der Waals surface area contributed by atoms with Crippen LogP contribution in [0.4, 0.5) is 4.79 Å². The molecule has 1 saturated heterocycles. The van der Waals surface area contributed by atoms with E-state index in [0.29, 0.717) is 18.4 Å². The fourth-order valence-corrected chi connectivity index (χ4v) is 5.45. The van der Waals surface area contributed by atoms with E-state index in [2.05, 4.69) is 22.9 Å². The van der Waals surface area contributed by atoms with E-state index in [0.717, 1.165) is 19.5 Å². The fraction of sp³-hybridized carbons (Fsp3) is 0.643. The molecule has 1 fully saturated rings. The summed E-state index contributed by atoms with van der Waals surface area (Å²) in [5, 5.41) is 0. The highest BCUT2D eigenvalue weighted by Gasteiger charge is 2.41. The SMILES string of the molecule is CCOC(=O)N1CCC2Cc3sc(C)c(Br)c3C2C1. The van der Waals surface area contributed by atoms with Gasteiger partial charge in [0.05, 0.1) is 6.61 Å². The van der Waals surface area contributed by atoms with Crippen LogP contribution < -0.4 is 0 Å². The lowest BCUT2D eigenvalue weighted by atomic mass is 9.86. The van der Waals surface area contributed by atoms with Gasteiger partial charge in [-0.15, -0.1) is 11.3 Å². The molecule has 1 amide bonds. The summed E-state index contributed by atoms with van der Waals surface area (Å²) in [7, 11) is 0. The lowest BCUT2D eigenvalue weighted by Gasteiger charge is -2.34. The highest BCUT2D eigenvalue weighted by atomic mass is 79.9. The van der Waals surface area contributed by atoms with Crippen molar-refractivity contribution in [1.29, 1.82) is 0 Å². The first-order valence-corrected chi connectivity index (χ1v) is 8.42. The molecule has 0 bridgehead atoms. The van der Waals surface area contributed by atoms with E-state index in [1.54, 1.807) is 0 Å². The van der Waals surface area contributed by atoms with Crippen molar-refractivity contribution in [3.8, 4) is 0 Å². The van der Waals surface area contributed by atoms with Gasteiger partial charge >= 0.3 is 6.09 Å². The average molecular weight is 344 g/mol. The molecule has 5 heteroatoms. The van der Waals surface area contributed by atoms with Gasteiger partial charge < -0.3 is 9.64 Å². The maximum absolute atomic E-state index is 11.9. The van der Waals surface area contributed by atoms with Gasteiger partial charge in [0.15, 0.2) is 0 Å². The van der Waals surface area contributed by atoms with Crippen LogP contribution in [0.5, 0.6) is 0 Å². The minimum absolute atomic E-state index is 0.155. The average Bonchev–Trinajstić information content (AvgIpc) is 2.86. The molecule has 3 rings (SSSR count). The predicted octanol–water partition coefficient (Wildman–Crippen LogP) is 3.94. The van der Waals surface area contributed by atoms with E-state index in [1.807, 2.05) is 23.2 Å². The fourth-order valence-electron chi connectivity index (χ4n) is 3.31. The molecular formula is C14H18BrNO2S. The van der Waals surface area contributed by atoms with Crippen LogP contribution in [0.1, 0.15) is 34.6 Å². The van der Waals surface area contributed by atoms with Gasteiger partial charge in [-0.05, 0) is 54.1 Å². The van der Waals surface area contributed by atoms with E-state index >= 15 is 0 Å². The van der Waals surface area contributed by atoms with Crippen LogP contribution >= 0.6 is 27.3 Å². The highest BCUT2D eigenvalue weighted by molar-refractivity contribution is 9.10. The van der Waals surface area contributed by atoms with Gasteiger partial charge in [-0.25, -0.2) is 4.79 Å². The van der Waals surface area contributed by atoms with Gasteiger partial charge in [-0.1, -0.05) is 0 Å². The molecule has 3 nitrogen and oxygen atoms in total. The number of nitrogens with zero attached hydrogens (tertiary/aromatic N) is 1. The van der Waals surface area contributed by atoms with Crippen molar-refractivity contribution < 1.29 is 9.53 Å². The van der Waals surface area contributed by atoms with Gasteiger partial charge in [0, 0.05) is 33.2 Å². The topological polar surface area (TPSA) is 29.5 Å². The van der Waals surface area contributed by atoms with Crippen LogP contribution in [0, 0.1) is 12.8 Å². The second-order valence-electron chi connectivity index (χ2n) is 5.31. The minimum atomic E-state index is -0.155. The second-order valence-corrected chi connectivity index (χ2v) is 7.42. The largest absolute Gasteiger partial charge is 0.450 e. The molecule has 2 atom stereocenters. The Kier molecular flexibility index (Phi) is 3.60. The van der Waals surface area contributed by atoms with Crippen molar-refractivity contribution in [2.24, 2.45) is 5.92 Å². The van der Waals surface area contributed by atoms with Crippen LogP contribution in [-0.2, 0) is 11.2 Å². The van der Waals surface area contributed by atoms with Crippen molar-refractivity contribution in [3.63, 3.8) is 0 Å². The molecule has 0 radical (unpaired) electrons. The number of aryl methyl sites for hydroxylation is 1. The standard InChI is InChI=1S/C14H18BrNO2S/c1-3-18-14(17)16-5-4-9-6-11-12(10(9)7-16)13(15)8(2)19-11/h9-10H,3-7H2,1-2H3. The Morgan fingerprint density at radius 1 is 1.58 bits per heavy atom. The van der Waals surface area contributed by atoms with E-state index in [9.17, 15) is 4.79 Å². The highest BCUT2D eigenvalue weighted by Crippen LogP contribution is 2.50. The maximum Gasteiger partial charge on any atom is 0.409 e. The van der Waals surface area contributed by atoms with E-state index in [1.165, 1.54) is 26.2 Å². The van der Waals surface area contributed by atoms with Crippen molar-refractivity contribution >= 4 is 33.4 Å². The quantitative estimate of drug-likeness (QED) is 0.772. The molecule has 0 aromatic carbocycles. The third kappa shape index (κ3) is 2.21. The van der Waals surface area contributed by atoms with E-state index < -0.39 is 0 Å². The number of piperidine rings is 1. The van der Waals surface area contributed by atoms with Crippen LogP contribution in [0.3, 0.4) is 0 Å². The van der Waals surface area contributed by atoms with Crippen LogP contribution in [0.15, 0.2) is 4.47 Å². The predicted molar refractivity (Wildman–Crippen MR) is 79.9 cm³/mol. The number of carbonyl (C=O) groups is 1. The van der Waals surface area contributed by atoms with Crippen molar-refractivity contribution in [2.75, 3.05) is 19.7 Å². The molecule has 1 aromatic rings. The molecule has 104 valence electrons. The summed E-state index contributed by atoms with van der Waals surface area (Å²) in [4.78, 5) is 16.6. The Bertz CT molecular complexity index is 514. The molecule has 0 saturated carbocycles. The van der Waals surface area contributed by atoms with Crippen LogP contribution in [0.2, 0.25) is 0 Å². The van der Waals surface area contributed by atoms with Crippen LogP contribution in [-0.4, -0.2) is 30.7 Å². The first-order chi connectivity index (χ1) is 9.11. The maximum atomic E-state index is 11.9.